The maximum atomic E-state index is 13.3. The van der Waals surface area contributed by atoms with Crippen molar-refractivity contribution < 1.29 is 4.79 Å². The Hall–Kier alpha value is -1.39. The monoisotopic (exact) mass is 395 g/mol. The summed E-state index contributed by atoms with van der Waals surface area (Å²) in [5.74, 6) is 2.11. The first-order chi connectivity index (χ1) is 14.2. The highest BCUT2D eigenvalue weighted by Gasteiger charge is 2.46. The molecule has 2 bridgehead atoms. The van der Waals surface area contributed by atoms with Crippen LogP contribution in [0.15, 0.2) is 30.3 Å². The van der Waals surface area contributed by atoms with Gasteiger partial charge in [-0.25, -0.2) is 0 Å². The molecular weight excluding hydrogens is 358 g/mol. The van der Waals surface area contributed by atoms with Crippen molar-refractivity contribution in [2.24, 2.45) is 17.8 Å². The van der Waals surface area contributed by atoms with Crippen LogP contribution in [-0.4, -0.2) is 72.5 Å². The smallest absolute Gasteiger partial charge is 0.225 e. The fourth-order valence-electron chi connectivity index (χ4n) is 6.71. The number of rotatable bonds is 3. The van der Waals surface area contributed by atoms with E-state index in [0.717, 1.165) is 39.0 Å². The zero-order valence-electron chi connectivity index (χ0n) is 18.0. The van der Waals surface area contributed by atoms with Crippen LogP contribution in [0.1, 0.15) is 44.1 Å². The van der Waals surface area contributed by atoms with Crippen molar-refractivity contribution in [1.82, 2.24) is 14.7 Å². The molecular formula is C25H37N3O. The average Bonchev–Trinajstić information content (AvgIpc) is 2.75. The fourth-order valence-corrected chi connectivity index (χ4v) is 6.71. The van der Waals surface area contributed by atoms with Gasteiger partial charge in [0.15, 0.2) is 0 Å². The predicted octanol–water partition coefficient (Wildman–Crippen LogP) is 3.27. The van der Waals surface area contributed by atoms with Crippen molar-refractivity contribution in [3.8, 4) is 0 Å². The molecule has 158 valence electrons. The first-order valence-corrected chi connectivity index (χ1v) is 11.9. The van der Waals surface area contributed by atoms with Gasteiger partial charge in [0, 0.05) is 37.6 Å². The van der Waals surface area contributed by atoms with E-state index in [4.69, 9.17) is 0 Å². The molecule has 5 rings (SSSR count). The standard InChI is InChI=1S/C25H37N3O/c1-26-12-10-21(11-13-26)25(29)27-16-20-14-22(18-27)24-9-5-8-23(28(24)17-20)15-19-6-3-2-4-7-19/h2-4,6-7,20-24H,5,8-18H2,1H3/t20-,22+,23+,24-/m0/s1. The lowest BCUT2D eigenvalue weighted by molar-refractivity contribution is -0.144. The highest BCUT2D eigenvalue weighted by molar-refractivity contribution is 5.79. The van der Waals surface area contributed by atoms with Gasteiger partial charge in [-0.05, 0) is 76.1 Å². The average molecular weight is 396 g/mol. The normalized spacial score (nSPS) is 34.0. The summed E-state index contributed by atoms with van der Waals surface area (Å²) in [5, 5.41) is 0. The van der Waals surface area contributed by atoms with E-state index in [2.05, 4.69) is 52.1 Å². The second-order valence-electron chi connectivity index (χ2n) is 10.2. The highest BCUT2D eigenvalue weighted by atomic mass is 16.2. The molecule has 29 heavy (non-hydrogen) atoms. The van der Waals surface area contributed by atoms with Crippen molar-refractivity contribution in [1.29, 1.82) is 0 Å². The van der Waals surface area contributed by atoms with Crippen LogP contribution < -0.4 is 0 Å². The first kappa shape index (κ1) is 19.6. The van der Waals surface area contributed by atoms with Crippen molar-refractivity contribution in [3.63, 3.8) is 0 Å². The molecule has 0 unspecified atom stereocenters. The molecule has 0 saturated carbocycles. The van der Waals surface area contributed by atoms with Crippen LogP contribution in [0, 0.1) is 17.8 Å². The maximum absolute atomic E-state index is 13.3. The van der Waals surface area contributed by atoms with Crippen molar-refractivity contribution >= 4 is 5.91 Å². The molecule has 4 heteroatoms. The Morgan fingerprint density at radius 3 is 2.59 bits per heavy atom. The van der Waals surface area contributed by atoms with E-state index < -0.39 is 0 Å². The first-order valence-electron chi connectivity index (χ1n) is 11.9. The molecule has 0 aliphatic carbocycles. The molecule has 1 aromatic rings. The van der Waals surface area contributed by atoms with E-state index in [1.807, 2.05) is 0 Å². The number of piperidine rings is 4. The maximum Gasteiger partial charge on any atom is 0.225 e. The number of carbonyl (C=O) groups is 1. The Labute approximate surface area is 176 Å². The number of benzene rings is 1. The quantitative estimate of drug-likeness (QED) is 0.786. The van der Waals surface area contributed by atoms with Crippen molar-refractivity contribution in [2.75, 3.05) is 39.8 Å². The predicted molar refractivity (Wildman–Crippen MR) is 117 cm³/mol. The Balaban J connectivity index is 1.25. The van der Waals surface area contributed by atoms with E-state index in [1.165, 1.54) is 44.2 Å². The molecule has 0 aromatic heterocycles. The lowest BCUT2D eigenvalue weighted by atomic mass is 9.73. The number of hydrogen-bond donors (Lipinski definition) is 0. The third-order valence-corrected chi connectivity index (χ3v) is 8.21. The van der Waals surface area contributed by atoms with Gasteiger partial charge >= 0.3 is 0 Å². The molecule has 4 aliphatic rings. The largest absolute Gasteiger partial charge is 0.342 e. The number of fused-ring (bicyclic) bond motifs is 4. The van der Waals surface area contributed by atoms with Gasteiger partial charge in [-0.1, -0.05) is 36.8 Å². The Kier molecular flexibility index (Phi) is 5.66. The Bertz CT molecular complexity index is 699. The summed E-state index contributed by atoms with van der Waals surface area (Å²) in [6, 6.07) is 12.4. The van der Waals surface area contributed by atoms with Crippen LogP contribution >= 0.6 is 0 Å². The highest BCUT2D eigenvalue weighted by Crippen LogP contribution is 2.40. The summed E-state index contributed by atoms with van der Waals surface area (Å²) in [6.07, 6.45) is 8.65. The summed E-state index contributed by atoms with van der Waals surface area (Å²) in [5.41, 5.74) is 1.48. The molecule has 4 nitrogen and oxygen atoms in total. The molecule has 4 atom stereocenters. The molecule has 4 heterocycles. The van der Waals surface area contributed by atoms with E-state index in [-0.39, 0.29) is 5.92 Å². The van der Waals surface area contributed by atoms with Gasteiger partial charge < -0.3 is 9.80 Å². The minimum Gasteiger partial charge on any atom is -0.342 e. The van der Waals surface area contributed by atoms with E-state index in [1.54, 1.807) is 0 Å². The zero-order valence-corrected chi connectivity index (χ0v) is 18.0. The van der Waals surface area contributed by atoms with E-state index >= 15 is 0 Å². The second kappa shape index (κ2) is 8.39. The van der Waals surface area contributed by atoms with E-state index in [9.17, 15) is 4.79 Å². The summed E-state index contributed by atoms with van der Waals surface area (Å²) in [4.78, 5) is 20.8. The van der Waals surface area contributed by atoms with Gasteiger partial charge in [-0.3, -0.25) is 9.69 Å². The van der Waals surface area contributed by atoms with Crippen LogP contribution in [0.25, 0.3) is 0 Å². The number of amides is 1. The Morgan fingerprint density at radius 2 is 1.79 bits per heavy atom. The van der Waals surface area contributed by atoms with Gasteiger partial charge in [-0.15, -0.1) is 0 Å². The van der Waals surface area contributed by atoms with Crippen molar-refractivity contribution in [3.05, 3.63) is 35.9 Å². The third kappa shape index (κ3) is 4.11. The summed E-state index contributed by atoms with van der Waals surface area (Å²) in [7, 11) is 2.18. The summed E-state index contributed by atoms with van der Waals surface area (Å²) < 4.78 is 0. The van der Waals surface area contributed by atoms with Gasteiger partial charge in [-0.2, -0.15) is 0 Å². The summed E-state index contributed by atoms with van der Waals surface area (Å²) >= 11 is 0. The topological polar surface area (TPSA) is 26.8 Å². The summed E-state index contributed by atoms with van der Waals surface area (Å²) in [6.45, 7) is 5.38. The van der Waals surface area contributed by atoms with Crippen LogP contribution in [0.2, 0.25) is 0 Å². The lowest BCUT2D eigenvalue weighted by Gasteiger charge is -2.55. The minimum absolute atomic E-state index is 0.276. The number of carbonyl (C=O) groups excluding carboxylic acids is 1. The number of hydrogen-bond acceptors (Lipinski definition) is 3. The molecule has 4 saturated heterocycles. The lowest BCUT2D eigenvalue weighted by Crippen LogP contribution is -2.63. The van der Waals surface area contributed by atoms with Crippen LogP contribution in [-0.2, 0) is 11.2 Å². The molecule has 0 radical (unpaired) electrons. The van der Waals surface area contributed by atoms with Crippen LogP contribution in [0.4, 0.5) is 0 Å². The van der Waals surface area contributed by atoms with Crippen LogP contribution in [0.5, 0.6) is 0 Å². The molecule has 4 fully saturated rings. The minimum atomic E-state index is 0.276. The molecule has 0 spiro atoms. The number of likely N-dealkylation sites (tertiary alicyclic amines) is 2. The number of nitrogens with zero attached hydrogens (tertiary/aromatic N) is 3. The van der Waals surface area contributed by atoms with E-state index in [0.29, 0.717) is 29.8 Å². The van der Waals surface area contributed by atoms with Crippen molar-refractivity contribution in [2.45, 2.75) is 57.0 Å². The Morgan fingerprint density at radius 1 is 1.00 bits per heavy atom. The SMILES string of the molecule is CN1CCC(C(=O)N2C[C@@H]3C[C@H](C2)[C@@H]2CCC[C@H](Cc4ccccc4)N2C3)CC1. The van der Waals surface area contributed by atoms with Gasteiger partial charge in [0.1, 0.15) is 0 Å². The molecule has 1 aromatic carbocycles. The fraction of sp³-hybridized carbons (Fsp3) is 0.720. The molecule has 1 amide bonds. The van der Waals surface area contributed by atoms with Gasteiger partial charge in [0.2, 0.25) is 5.91 Å². The molecule has 0 N–H and O–H groups in total. The van der Waals surface area contributed by atoms with Crippen LogP contribution in [0.3, 0.4) is 0 Å². The third-order valence-electron chi connectivity index (χ3n) is 8.21. The van der Waals surface area contributed by atoms with Gasteiger partial charge in [0.05, 0.1) is 0 Å². The zero-order chi connectivity index (χ0) is 19.8. The molecule has 4 aliphatic heterocycles. The second-order valence-corrected chi connectivity index (χ2v) is 10.2. The van der Waals surface area contributed by atoms with Gasteiger partial charge in [0.25, 0.3) is 0 Å².